The maximum atomic E-state index is 11.9. The normalized spacial score (nSPS) is 11.6. The number of thiocarbonyl (C=S) groups is 1. The van der Waals surface area contributed by atoms with Crippen LogP contribution in [-0.2, 0) is 0 Å². The molecule has 170 valence electrons. The Labute approximate surface area is 200 Å². The highest BCUT2D eigenvalue weighted by atomic mass is 32.1. The molecule has 4 rings (SSSR count). The van der Waals surface area contributed by atoms with E-state index in [1.807, 2.05) is 53.2 Å². The second-order valence-electron chi connectivity index (χ2n) is 8.20. The summed E-state index contributed by atoms with van der Waals surface area (Å²) in [7, 11) is 1.97. The molecular formula is C27H29N3O2S. The molecular weight excluding hydrogens is 430 g/mol. The number of carboxylic acid groups (broad SMARTS) is 1. The van der Waals surface area contributed by atoms with Crippen molar-refractivity contribution in [2.75, 3.05) is 23.4 Å². The quantitative estimate of drug-likeness (QED) is 0.214. The van der Waals surface area contributed by atoms with Gasteiger partial charge in [-0.25, -0.2) is 4.79 Å². The summed E-state index contributed by atoms with van der Waals surface area (Å²) in [5.41, 5.74) is 5.95. The first-order chi connectivity index (χ1) is 16.0. The molecule has 5 nitrogen and oxygen atoms in total. The van der Waals surface area contributed by atoms with Gasteiger partial charge in [0.25, 0.3) is 0 Å². The molecule has 3 aromatic rings. The van der Waals surface area contributed by atoms with E-state index in [-0.39, 0.29) is 5.56 Å². The standard InChI is InChI=1S/C27H29N3O2S/c1-3-4-5-11-18-28-27(33)29(2)25-23-17-16-20(19-12-7-6-8-13-19)24(25)30(23)22-15-10-9-14-21(22)26(31)32/h6-10,12-17H,3-5,11,18H2,1-2H3,(H,28,33)(H,31,32). The van der Waals surface area contributed by atoms with Crippen LogP contribution >= 0.6 is 12.2 Å². The van der Waals surface area contributed by atoms with Crippen LogP contribution in [0.4, 0.5) is 22.7 Å². The van der Waals surface area contributed by atoms with Gasteiger partial charge in [0.2, 0.25) is 0 Å². The van der Waals surface area contributed by atoms with Gasteiger partial charge in [0.1, 0.15) is 0 Å². The Kier molecular flexibility index (Phi) is 6.94. The Morgan fingerprint density at radius 3 is 2.42 bits per heavy atom. The van der Waals surface area contributed by atoms with Crippen LogP contribution in [0.3, 0.4) is 0 Å². The molecule has 0 atom stereocenters. The first-order valence-electron chi connectivity index (χ1n) is 11.4. The zero-order valence-corrected chi connectivity index (χ0v) is 19.9. The van der Waals surface area contributed by atoms with Crippen molar-refractivity contribution >= 4 is 46.0 Å². The molecule has 0 radical (unpaired) electrons. The number of aromatic carboxylic acids is 1. The molecule has 33 heavy (non-hydrogen) atoms. The van der Waals surface area contributed by atoms with Crippen LogP contribution < -0.4 is 15.1 Å². The van der Waals surface area contributed by atoms with Gasteiger partial charge in [0.05, 0.1) is 28.3 Å². The van der Waals surface area contributed by atoms with Crippen molar-refractivity contribution in [2.45, 2.75) is 32.6 Å². The lowest BCUT2D eigenvalue weighted by Gasteiger charge is -2.44. The maximum Gasteiger partial charge on any atom is 0.337 e. The molecule has 6 heteroatoms. The van der Waals surface area contributed by atoms with Crippen molar-refractivity contribution in [3.8, 4) is 11.1 Å². The number of nitrogens with zero attached hydrogens (tertiary/aromatic N) is 2. The van der Waals surface area contributed by atoms with E-state index in [0.29, 0.717) is 10.8 Å². The minimum Gasteiger partial charge on any atom is -0.478 e. The Bertz CT molecular complexity index is 1160. The van der Waals surface area contributed by atoms with Gasteiger partial charge in [-0.05, 0) is 42.4 Å². The average Bonchev–Trinajstić information content (AvgIpc) is 2.84. The molecule has 0 saturated carbocycles. The summed E-state index contributed by atoms with van der Waals surface area (Å²) in [5.74, 6) is -0.943. The molecule has 0 amide bonds. The predicted octanol–water partition coefficient (Wildman–Crippen LogP) is 6.73. The lowest BCUT2D eigenvalue weighted by Crippen LogP contribution is -2.41. The lowest BCUT2D eigenvalue weighted by molar-refractivity contribution is 0.0697. The third-order valence-electron chi connectivity index (χ3n) is 6.00. The number of unbranched alkanes of at least 4 members (excludes halogenated alkanes) is 3. The van der Waals surface area contributed by atoms with E-state index in [2.05, 4.69) is 30.4 Å². The number of rotatable bonds is 9. The fourth-order valence-electron chi connectivity index (χ4n) is 4.29. The Balaban J connectivity index is 1.70. The van der Waals surface area contributed by atoms with Gasteiger partial charge < -0.3 is 20.2 Å². The van der Waals surface area contributed by atoms with Crippen molar-refractivity contribution in [3.63, 3.8) is 0 Å². The Hall–Kier alpha value is -3.38. The number of nitrogens with one attached hydrogen (secondary N) is 1. The third-order valence-corrected chi connectivity index (χ3v) is 6.42. The number of hydrogen-bond donors (Lipinski definition) is 2. The molecule has 1 aliphatic rings. The second-order valence-corrected chi connectivity index (χ2v) is 8.59. The average molecular weight is 460 g/mol. The molecule has 1 heterocycles. The number of anilines is 4. The van der Waals surface area contributed by atoms with Gasteiger partial charge in [-0.1, -0.05) is 74.7 Å². The molecule has 2 bridgehead atoms. The molecule has 0 unspecified atom stereocenters. The Morgan fingerprint density at radius 1 is 0.970 bits per heavy atom. The van der Waals surface area contributed by atoms with E-state index in [4.69, 9.17) is 12.2 Å². The zero-order chi connectivity index (χ0) is 23.4. The summed E-state index contributed by atoms with van der Waals surface area (Å²) < 4.78 is 0. The SMILES string of the molecule is CCCCCCNC(=S)N(C)c1c2ccc(-c3ccccc3)c1N2c1ccccc1C(=O)O. The van der Waals surface area contributed by atoms with Gasteiger partial charge in [-0.2, -0.15) is 0 Å². The summed E-state index contributed by atoms with van der Waals surface area (Å²) in [4.78, 5) is 16.0. The van der Waals surface area contributed by atoms with Crippen LogP contribution in [0, 0.1) is 0 Å². The van der Waals surface area contributed by atoms with Gasteiger partial charge in [-0.15, -0.1) is 0 Å². The van der Waals surface area contributed by atoms with Crippen molar-refractivity contribution in [3.05, 3.63) is 72.3 Å². The molecule has 3 aromatic carbocycles. The molecule has 0 aromatic heterocycles. The molecule has 1 aliphatic heterocycles. The summed E-state index contributed by atoms with van der Waals surface area (Å²) in [6.07, 6.45) is 4.71. The summed E-state index contributed by atoms with van der Waals surface area (Å²) >= 11 is 5.71. The maximum absolute atomic E-state index is 11.9. The minimum atomic E-state index is -0.943. The lowest BCUT2D eigenvalue weighted by atomic mass is 9.92. The second kappa shape index (κ2) is 10.0. The van der Waals surface area contributed by atoms with Crippen molar-refractivity contribution < 1.29 is 9.90 Å². The highest BCUT2D eigenvalue weighted by Gasteiger charge is 2.37. The van der Waals surface area contributed by atoms with Crippen molar-refractivity contribution in [1.82, 2.24) is 5.32 Å². The van der Waals surface area contributed by atoms with E-state index in [1.54, 1.807) is 12.1 Å². The predicted molar refractivity (Wildman–Crippen MR) is 140 cm³/mol. The number of hydrogen-bond acceptors (Lipinski definition) is 3. The van der Waals surface area contributed by atoms with Crippen LogP contribution in [-0.4, -0.2) is 29.8 Å². The summed E-state index contributed by atoms with van der Waals surface area (Å²) in [6, 6.07) is 21.4. The van der Waals surface area contributed by atoms with Crippen LogP contribution in [0.15, 0.2) is 66.7 Å². The highest BCUT2D eigenvalue weighted by Crippen LogP contribution is 2.59. The van der Waals surface area contributed by atoms with Crippen LogP contribution in [0.25, 0.3) is 11.1 Å². The first-order valence-corrected chi connectivity index (χ1v) is 11.8. The van der Waals surface area contributed by atoms with Crippen molar-refractivity contribution in [1.29, 1.82) is 0 Å². The number of fused-ring (bicyclic) bond motifs is 2. The molecule has 2 N–H and O–H groups in total. The van der Waals surface area contributed by atoms with Crippen LogP contribution in [0.2, 0.25) is 0 Å². The number of para-hydroxylation sites is 1. The number of carboxylic acids is 1. The van der Waals surface area contributed by atoms with E-state index >= 15 is 0 Å². The summed E-state index contributed by atoms with van der Waals surface area (Å²) in [6.45, 7) is 3.05. The zero-order valence-electron chi connectivity index (χ0n) is 19.0. The van der Waals surface area contributed by atoms with Gasteiger partial charge >= 0.3 is 5.97 Å². The monoisotopic (exact) mass is 459 g/mol. The smallest absolute Gasteiger partial charge is 0.337 e. The first kappa shape index (κ1) is 22.8. The highest BCUT2D eigenvalue weighted by molar-refractivity contribution is 7.80. The van der Waals surface area contributed by atoms with Crippen LogP contribution in [0.1, 0.15) is 43.0 Å². The molecule has 0 spiro atoms. The van der Waals surface area contributed by atoms with E-state index in [9.17, 15) is 9.90 Å². The molecule has 0 fully saturated rings. The summed E-state index contributed by atoms with van der Waals surface area (Å²) in [5, 5.41) is 13.8. The molecule has 0 saturated heterocycles. The van der Waals surface area contributed by atoms with Gasteiger partial charge in [0, 0.05) is 19.2 Å². The van der Waals surface area contributed by atoms with E-state index in [0.717, 1.165) is 41.2 Å². The molecule has 0 aliphatic carbocycles. The Morgan fingerprint density at radius 2 is 1.70 bits per heavy atom. The van der Waals surface area contributed by atoms with Gasteiger partial charge in [0.15, 0.2) is 5.11 Å². The van der Waals surface area contributed by atoms with Crippen molar-refractivity contribution in [2.24, 2.45) is 0 Å². The van der Waals surface area contributed by atoms with E-state index in [1.165, 1.54) is 19.3 Å². The topological polar surface area (TPSA) is 55.8 Å². The fourth-order valence-corrected chi connectivity index (χ4v) is 4.48. The number of benzene rings is 3. The fraction of sp³-hybridized carbons (Fsp3) is 0.259. The van der Waals surface area contributed by atoms with Gasteiger partial charge in [-0.3, -0.25) is 0 Å². The number of carbonyl (C=O) groups is 1. The largest absolute Gasteiger partial charge is 0.478 e. The minimum absolute atomic E-state index is 0.272. The third kappa shape index (κ3) is 4.44. The van der Waals surface area contributed by atoms with E-state index < -0.39 is 5.97 Å². The van der Waals surface area contributed by atoms with Crippen LogP contribution in [0.5, 0.6) is 0 Å².